The molecule has 1 amide bonds. The quantitative estimate of drug-likeness (QED) is 0.144. The molecule has 0 saturated carbocycles. The fraction of sp³-hybridized carbons (Fsp3) is 0.147. The zero-order valence-electron chi connectivity index (χ0n) is 23.2. The van der Waals surface area contributed by atoms with E-state index in [2.05, 4.69) is 5.32 Å². The first-order valence-corrected chi connectivity index (χ1v) is 14.6. The van der Waals surface area contributed by atoms with Crippen LogP contribution in [-0.2, 0) is 10.2 Å². The topological polar surface area (TPSA) is 110 Å². The van der Waals surface area contributed by atoms with E-state index in [9.17, 15) is 24.5 Å². The number of benzene rings is 4. The van der Waals surface area contributed by atoms with Gasteiger partial charge < -0.3 is 10.2 Å². The standard InChI is InChI=1S/C34H23Cl2N3O5/c1-18-16-28-34(24-7-3-4-8-26(24)37-33(34)42)29(32(41)23-15-12-20(35)17-25(23)36)30(38(28)27-9-5-2-6-22(18)27)31(40)19-10-13-21(14-11-19)39(43)44/h2-17,28-30H,1H3,(H,37,42)/t28-,29+,30-,34+/m1/s1. The number of nitro benzene ring substituents is 1. The van der Waals surface area contributed by atoms with Crippen molar-refractivity contribution in [2.75, 3.05) is 10.2 Å². The molecule has 0 bridgehead atoms. The van der Waals surface area contributed by atoms with Crippen molar-refractivity contribution < 1.29 is 19.3 Å². The highest BCUT2D eigenvalue weighted by Crippen LogP contribution is 2.59. The Morgan fingerprint density at radius 1 is 0.932 bits per heavy atom. The average Bonchev–Trinajstić information content (AvgIpc) is 3.49. The number of nitrogens with zero attached hydrogens (tertiary/aromatic N) is 2. The van der Waals surface area contributed by atoms with Gasteiger partial charge in [-0.2, -0.15) is 0 Å². The number of allylic oxidation sites excluding steroid dienone is 1. The van der Waals surface area contributed by atoms with Crippen LogP contribution >= 0.6 is 23.2 Å². The van der Waals surface area contributed by atoms with E-state index in [4.69, 9.17) is 23.2 Å². The number of nitro groups is 1. The van der Waals surface area contributed by atoms with Crippen molar-refractivity contribution in [2.45, 2.75) is 24.4 Å². The largest absolute Gasteiger partial charge is 0.352 e. The lowest BCUT2D eigenvalue weighted by Gasteiger charge is -2.39. The summed E-state index contributed by atoms with van der Waals surface area (Å²) in [6, 6.07) is 22.7. The summed E-state index contributed by atoms with van der Waals surface area (Å²) in [6.07, 6.45) is 1.96. The van der Waals surface area contributed by atoms with Crippen molar-refractivity contribution in [3.05, 3.63) is 139 Å². The number of hydrogen-bond donors (Lipinski definition) is 1. The van der Waals surface area contributed by atoms with Crippen molar-refractivity contribution in [3.8, 4) is 0 Å². The molecule has 4 aromatic rings. The molecule has 218 valence electrons. The zero-order chi connectivity index (χ0) is 30.9. The first kappa shape index (κ1) is 28.0. The predicted molar refractivity (Wildman–Crippen MR) is 169 cm³/mol. The molecule has 1 fully saturated rings. The molecule has 4 aromatic carbocycles. The number of non-ortho nitro benzene ring substituents is 1. The summed E-state index contributed by atoms with van der Waals surface area (Å²) < 4.78 is 0. The van der Waals surface area contributed by atoms with E-state index in [-0.39, 0.29) is 21.8 Å². The highest BCUT2D eigenvalue weighted by Gasteiger charge is 2.70. The first-order valence-electron chi connectivity index (χ1n) is 13.9. The minimum atomic E-state index is -1.52. The van der Waals surface area contributed by atoms with Crippen molar-refractivity contribution in [1.82, 2.24) is 0 Å². The molecule has 0 radical (unpaired) electrons. The van der Waals surface area contributed by atoms with Gasteiger partial charge in [0.25, 0.3) is 5.69 Å². The maximum atomic E-state index is 14.9. The van der Waals surface area contributed by atoms with E-state index in [0.29, 0.717) is 22.0 Å². The molecule has 0 aromatic heterocycles. The fourth-order valence-corrected chi connectivity index (χ4v) is 7.66. The highest BCUT2D eigenvalue weighted by molar-refractivity contribution is 6.37. The number of para-hydroxylation sites is 2. The van der Waals surface area contributed by atoms with Gasteiger partial charge in [-0.05, 0) is 60.5 Å². The number of amides is 1. The van der Waals surface area contributed by atoms with Gasteiger partial charge in [0.15, 0.2) is 11.6 Å². The van der Waals surface area contributed by atoms with Crippen LogP contribution in [-0.4, -0.2) is 34.5 Å². The SMILES string of the molecule is CC1=C[C@H]2N(c3ccccc31)[C@@H](C(=O)c1ccc([N+](=O)[O-])cc1)[C@@H](C(=O)c1ccc(Cl)cc1Cl)[C@@]21C(=O)Nc2ccccc21. The van der Waals surface area contributed by atoms with Crippen molar-refractivity contribution >= 4 is 63.3 Å². The number of rotatable bonds is 5. The molecule has 3 heterocycles. The third kappa shape index (κ3) is 3.87. The van der Waals surface area contributed by atoms with Crippen molar-refractivity contribution in [1.29, 1.82) is 0 Å². The summed E-state index contributed by atoms with van der Waals surface area (Å²) in [5, 5.41) is 14.8. The number of halogens is 2. The van der Waals surface area contributed by atoms with Crippen LogP contribution in [0.5, 0.6) is 0 Å². The Balaban J connectivity index is 1.54. The minimum absolute atomic E-state index is 0.0999. The van der Waals surface area contributed by atoms with Gasteiger partial charge in [0.1, 0.15) is 11.5 Å². The third-order valence-electron chi connectivity index (χ3n) is 8.99. The van der Waals surface area contributed by atoms with Crippen LogP contribution < -0.4 is 10.2 Å². The van der Waals surface area contributed by atoms with Gasteiger partial charge in [0.2, 0.25) is 5.91 Å². The van der Waals surface area contributed by atoms with Crippen LogP contribution in [0.4, 0.5) is 17.1 Å². The maximum absolute atomic E-state index is 14.9. The fourth-order valence-electron chi connectivity index (χ4n) is 7.16. The van der Waals surface area contributed by atoms with Crippen LogP contribution in [0.1, 0.15) is 38.8 Å². The number of anilines is 2. The Labute approximate surface area is 262 Å². The Bertz CT molecular complexity index is 1960. The van der Waals surface area contributed by atoms with E-state index in [1.807, 2.05) is 48.2 Å². The number of carbonyl (C=O) groups is 3. The molecule has 3 aliphatic rings. The smallest absolute Gasteiger partial charge is 0.269 e. The Kier molecular flexibility index (Phi) is 6.46. The number of carbonyl (C=O) groups excluding carboxylic acids is 3. The van der Waals surface area contributed by atoms with Gasteiger partial charge in [0.05, 0.1) is 21.9 Å². The van der Waals surface area contributed by atoms with Crippen LogP contribution in [0.2, 0.25) is 10.0 Å². The maximum Gasteiger partial charge on any atom is 0.269 e. The zero-order valence-corrected chi connectivity index (χ0v) is 24.7. The summed E-state index contributed by atoms with van der Waals surface area (Å²) in [6.45, 7) is 1.95. The molecule has 3 aliphatic heterocycles. The van der Waals surface area contributed by atoms with Crippen LogP contribution in [0.15, 0.2) is 97.1 Å². The molecule has 1 spiro atoms. The van der Waals surface area contributed by atoms with E-state index in [1.165, 1.54) is 36.4 Å². The second-order valence-electron chi connectivity index (χ2n) is 11.2. The summed E-state index contributed by atoms with van der Waals surface area (Å²) in [5.41, 5.74) is 2.24. The van der Waals surface area contributed by atoms with Gasteiger partial charge >= 0.3 is 0 Å². The lowest BCUT2D eigenvalue weighted by atomic mass is 9.64. The van der Waals surface area contributed by atoms with Crippen LogP contribution in [0.25, 0.3) is 5.57 Å². The molecule has 10 heteroatoms. The molecule has 1 saturated heterocycles. The number of Topliss-reactive ketones (excluding diaryl/α,β-unsaturated/α-hetero) is 2. The number of fused-ring (bicyclic) bond motifs is 6. The molecule has 1 N–H and O–H groups in total. The van der Waals surface area contributed by atoms with Crippen molar-refractivity contribution in [2.24, 2.45) is 5.92 Å². The summed E-state index contributed by atoms with van der Waals surface area (Å²) in [5.74, 6) is -2.59. The monoisotopic (exact) mass is 623 g/mol. The number of hydrogen-bond acceptors (Lipinski definition) is 6. The molecule has 8 nitrogen and oxygen atoms in total. The summed E-state index contributed by atoms with van der Waals surface area (Å²) >= 11 is 12.8. The van der Waals surface area contributed by atoms with Crippen LogP contribution in [0, 0.1) is 16.0 Å². The Hall–Kier alpha value is -4.79. The van der Waals surface area contributed by atoms with E-state index in [0.717, 1.165) is 11.1 Å². The molecule has 0 aliphatic carbocycles. The second-order valence-corrected chi connectivity index (χ2v) is 12.0. The summed E-state index contributed by atoms with van der Waals surface area (Å²) in [4.78, 5) is 56.8. The van der Waals surface area contributed by atoms with E-state index in [1.54, 1.807) is 24.3 Å². The lowest BCUT2D eigenvalue weighted by Crippen LogP contribution is -2.51. The Morgan fingerprint density at radius 3 is 2.36 bits per heavy atom. The van der Waals surface area contributed by atoms with Gasteiger partial charge in [-0.25, -0.2) is 0 Å². The van der Waals surface area contributed by atoms with Crippen molar-refractivity contribution in [3.63, 3.8) is 0 Å². The second kappa shape index (κ2) is 10.1. The molecule has 44 heavy (non-hydrogen) atoms. The molecule has 4 atom stereocenters. The van der Waals surface area contributed by atoms with Gasteiger partial charge in [-0.15, -0.1) is 0 Å². The average molecular weight is 624 g/mol. The van der Waals surface area contributed by atoms with Gasteiger partial charge in [-0.3, -0.25) is 24.5 Å². The third-order valence-corrected chi connectivity index (χ3v) is 9.54. The predicted octanol–water partition coefficient (Wildman–Crippen LogP) is 7.15. The van der Waals surface area contributed by atoms with Crippen LogP contribution in [0.3, 0.4) is 0 Å². The summed E-state index contributed by atoms with van der Waals surface area (Å²) in [7, 11) is 0. The molecule has 0 unspecified atom stereocenters. The normalized spacial score (nSPS) is 23.0. The lowest BCUT2D eigenvalue weighted by molar-refractivity contribution is -0.384. The van der Waals surface area contributed by atoms with Gasteiger partial charge in [-0.1, -0.05) is 65.7 Å². The van der Waals surface area contributed by atoms with E-state index < -0.39 is 45.8 Å². The minimum Gasteiger partial charge on any atom is -0.352 e. The molecular formula is C34H23Cl2N3O5. The number of ketones is 2. The molecule has 7 rings (SSSR count). The Morgan fingerprint density at radius 2 is 1.64 bits per heavy atom. The number of nitrogens with one attached hydrogen (secondary N) is 1. The van der Waals surface area contributed by atoms with Gasteiger partial charge in [0, 0.05) is 45.2 Å². The highest BCUT2D eigenvalue weighted by atomic mass is 35.5. The first-order chi connectivity index (χ1) is 21.1. The molecular weight excluding hydrogens is 601 g/mol. The van der Waals surface area contributed by atoms with E-state index >= 15 is 0 Å².